The number of aromatic nitrogens is 1. The van der Waals surface area contributed by atoms with Crippen molar-refractivity contribution in [3.05, 3.63) is 104 Å². The van der Waals surface area contributed by atoms with Gasteiger partial charge in [0.1, 0.15) is 0 Å². The number of carboxylic acid groups (broad SMARTS) is 1. The van der Waals surface area contributed by atoms with Crippen LogP contribution in [0.15, 0.2) is 76.6 Å². The zero-order valence-corrected chi connectivity index (χ0v) is 22.9. The van der Waals surface area contributed by atoms with Crippen LogP contribution < -0.4 is 0 Å². The van der Waals surface area contributed by atoms with Crippen LogP contribution in [0.4, 0.5) is 5.69 Å². The Morgan fingerprint density at radius 1 is 1.05 bits per heavy atom. The number of aromatic carboxylic acids is 1. The summed E-state index contributed by atoms with van der Waals surface area (Å²) >= 11 is 13.7. The monoisotopic (exact) mass is 563 g/mol. The molecule has 0 spiro atoms. The molecule has 0 atom stereocenters. The van der Waals surface area contributed by atoms with Gasteiger partial charge < -0.3 is 9.67 Å². The Labute approximate surface area is 234 Å². The predicted molar refractivity (Wildman–Crippen MR) is 156 cm³/mol. The Balaban J connectivity index is 1.55. The van der Waals surface area contributed by atoms with Crippen molar-refractivity contribution >= 4 is 74.7 Å². The Kier molecular flexibility index (Phi) is 7.34. The summed E-state index contributed by atoms with van der Waals surface area (Å²) in [6, 6.07) is 20.1. The van der Waals surface area contributed by atoms with Gasteiger partial charge in [-0.15, -0.1) is 0 Å². The number of nitrogens with zero attached hydrogens (tertiary/aromatic N) is 3. The van der Waals surface area contributed by atoms with Crippen LogP contribution in [0.25, 0.3) is 17.0 Å². The first-order valence-electron chi connectivity index (χ1n) is 11.9. The van der Waals surface area contributed by atoms with E-state index in [-0.39, 0.29) is 11.5 Å². The van der Waals surface area contributed by atoms with Gasteiger partial charge in [-0.05, 0) is 73.6 Å². The molecule has 38 heavy (non-hydrogen) atoms. The van der Waals surface area contributed by atoms with Crippen molar-refractivity contribution in [2.75, 3.05) is 6.54 Å². The lowest BCUT2D eigenvalue weighted by atomic mass is 10.1. The summed E-state index contributed by atoms with van der Waals surface area (Å²) in [4.78, 5) is 31.5. The number of likely N-dealkylation sites (N-methyl/N-ethyl adjacent to an activating group) is 1. The van der Waals surface area contributed by atoms with Gasteiger partial charge in [-0.25, -0.2) is 9.79 Å². The van der Waals surface area contributed by atoms with Crippen molar-refractivity contribution < 1.29 is 14.7 Å². The highest BCUT2D eigenvalue weighted by atomic mass is 35.5. The van der Waals surface area contributed by atoms with Crippen molar-refractivity contribution in [1.29, 1.82) is 0 Å². The third kappa shape index (κ3) is 4.97. The number of fused-ring (bicyclic) bond motifs is 1. The van der Waals surface area contributed by atoms with Crippen molar-refractivity contribution in [3.8, 4) is 0 Å². The summed E-state index contributed by atoms with van der Waals surface area (Å²) < 4.78 is 2.20. The van der Waals surface area contributed by atoms with Crippen LogP contribution in [-0.2, 0) is 11.3 Å². The Morgan fingerprint density at radius 3 is 2.58 bits per heavy atom. The second-order valence-electron chi connectivity index (χ2n) is 8.76. The van der Waals surface area contributed by atoms with Crippen LogP contribution in [0.3, 0.4) is 0 Å². The van der Waals surface area contributed by atoms with Crippen LogP contribution in [0, 0.1) is 6.92 Å². The molecule has 1 aliphatic rings. The fraction of sp³-hybridized carbons (Fsp3) is 0.138. The fourth-order valence-electron chi connectivity index (χ4n) is 4.48. The second-order valence-corrected chi connectivity index (χ2v) is 10.6. The molecule has 4 aromatic rings. The summed E-state index contributed by atoms with van der Waals surface area (Å²) in [5, 5.41) is 11.9. The van der Waals surface area contributed by atoms with E-state index in [0.29, 0.717) is 38.9 Å². The Morgan fingerprint density at radius 2 is 1.84 bits per heavy atom. The SMILES string of the molecule is CCN1C(=O)/C(=C\c2c(C)n(Cc3ccc(Cl)c(Cl)c3)c3ccccc23)SC1=Nc1cccc(C(=O)O)c1. The van der Waals surface area contributed by atoms with Gasteiger partial charge in [-0.1, -0.05) is 53.5 Å². The van der Waals surface area contributed by atoms with Crippen molar-refractivity contribution in [3.63, 3.8) is 0 Å². The predicted octanol–water partition coefficient (Wildman–Crippen LogP) is 7.63. The molecule has 1 N–H and O–H groups in total. The highest BCUT2D eigenvalue weighted by Crippen LogP contribution is 2.37. The Bertz CT molecular complexity index is 1660. The van der Waals surface area contributed by atoms with Gasteiger partial charge in [0.2, 0.25) is 0 Å². The van der Waals surface area contributed by atoms with E-state index in [1.807, 2.05) is 50.3 Å². The second kappa shape index (κ2) is 10.7. The molecular formula is C29H23Cl2N3O3S. The molecule has 9 heteroatoms. The molecule has 3 aromatic carbocycles. The zero-order valence-electron chi connectivity index (χ0n) is 20.6. The first-order valence-corrected chi connectivity index (χ1v) is 13.5. The summed E-state index contributed by atoms with van der Waals surface area (Å²) in [5.74, 6) is -1.16. The molecule has 0 radical (unpaired) electrons. The first-order chi connectivity index (χ1) is 18.3. The van der Waals surface area contributed by atoms with Gasteiger partial charge in [0.05, 0.1) is 26.2 Å². The van der Waals surface area contributed by atoms with Gasteiger partial charge in [-0.2, -0.15) is 0 Å². The molecule has 1 fully saturated rings. The molecular weight excluding hydrogens is 541 g/mol. The average molecular weight is 564 g/mol. The van der Waals surface area contributed by atoms with Gasteiger partial charge >= 0.3 is 5.97 Å². The molecule has 2 heterocycles. The molecule has 192 valence electrons. The number of rotatable bonds is 6. The van der Waals surface area contributed by atoms with Crippen molar-refractivity contribution in [2.24, 2.45) is 4.99 Å². The van der Waals surface area contributed by atoms with Crippen LogP contribution in [-0.4, -0.2) is 38.2 Å². The largest absolute Gasteiger partial charge is 0.478 e. The van der Waals surface area contributed by atoms with E-state index in [2.05, 4.69) is 15.6 Å². The lowest BCUT2D eigenvalue weighted by molar-refractivity contribution is -0.122. The van der Waals surface area contributed by atoms with Crippen LogP contribution >= 0.6 is 35.0 Å². The molecule has 5 rings (SSSR count). The highest BCUT2D eigenvalue weighted by Gasteiger charge is 2.33. The maximum atomic E-state index is 13.4. The summed E-state index contributed by atoms with van der Waals surface area (Å²) in [6.45, 7) is 4.97. The van der Waals surface area contributed by atoms with Crippen LogP contribution in [0.1, 0.15) is 34.1 Å². The van der Waals surface area contributed by atoms with E-state index in [0.717, 1.165) is 27.7 Å². The summed E-state index contributed by atoms with van der Waals surface area (Å²) in [5.41, 5.74) is 4.66. The number of benzene rings is 3. The number of hydrogen-bond acceptors (Lipinski definition) is 4. The van der Waals surface area contributed by atoms with Crippen LogP contribution in [0.2, 0.25) is 10.0 Å². The van der Waals surface area contributed by atoms with E-state index in [1.54, 1.807) is 23.1 Å². The minimum atomic E-state index is -1.03. The van der Waals surface area contributed by atoms with Gasteiger partial charge in [-0.3, -0.25) is 9.69 Å². The average Bonchev–Trinajstić information content (AvgIpc) is 3.34. The van der Waals surface area contributed by atoms with Gasteiger partial charge in [0.15, 0.2) is 5.17 Å². The number of amides is 1. The molecule has 1 saturated heterocycles. The minimum absolute atomic E-state index is 0.133. The van der Waals surface area contributed by atoms with E-state index >= 15 is 0 Å². The standard InChI is InChI=1S/C29H23Cl2N3O3S/c1-3-33-27(35)26(38-29(33)32-20-8-6-7-19(14-20)28(36)37)15-22-17(2)34(25-10-5-4-9-21(22)25)16-18-11-12-23(30)24(31)13-18/h4-15H,3,16H2,1-2H3,(H,36,37)/b26-15+,32-29?. The lowest BCUT2D eigenvalue weighted by Gasteiger charge is -2.12. The topological polar surface area (TPSA) is 74.9 Å². The molecule has 1 aromatic heterocycles. The molecule has 0 aliphatic carbocycles. The number of hydrogen-bond donors (Lipinski definition) is 1. The third-order valence-corrected chi connectivity index (χ3v) is 8.15. The minimum Gasteiger partial charge on any atom is -0.478 e. The zero-order chi connectivity index (χ0) is 27.0. The first kappa shape index (κ1) is 26.1. The summed E-state index contributed by atoms with van der Waals surface area (Å²) in [6.07, 6.45) is 1.93. The van der Waals surface area contributed by atoms with E-state index in [1.165, 1.54) is 23.9 Å². The van der Waals surface area contributed by atoms with Gasteiger partial charge in [0.25, 0.3) is 5.91 Å². The smallest absolute Gasteiger partial charge is 0.335 e. The number of carbonyl (C=O) groups is 2. The molecule has 1 amide bonds. The maximum Gasteiger partial charge on any atom is 0.335 e. The molecule has 0 unspecified atom stereocenters. The molecule has 0 saturated carbocycles. The quantitative estimate of drug-likeness (QED) is 0.245. The lowest BCUT2D eigenvalue weighted by Crippen LogP contribution is -2.28. The number of aliphatic imine (C=N–C) groups is 1. The molecule has 1 aliphatic heterocycles. The highest BCUT2D eigenvalue weighted by molar-refractivity contribution is 8.18. The number of carbonyl (C=O) groups excluding carboxylic acids is 1. The number of thioether (sulfide) groups is 1. The van der Waals surface area contributed by atoms with Crippen molar-refractivity contribution in [2.45, 2.75) is 20.4 Å². The number of halogens is 2. The number of amidine groups is 1. The summed E-state index contributed by atoms with van der Waals surface area (Å²) in [7, 11) is 0. The maximum absolute atomic E-state index is 13.4. The van der Waals surface area contributed by atoms with Gasteiger partial charge in [0, 0.05) is 35.2 Å². The number of carboxylic acids is 1. The van der Waals surface area contributed by atoms with E-state index in [4.69, 9.17) is 23.2 Å². The fourth-order valence-corrected chi connectivity index (χ4v) is 5.85. The third-order valence-electron chi connectivity index (χ3n) is 6.40. The normalized spacial score (nSPS) is 15.8. The molecule has 6 nitrogen and oxygen atoms in total. The Hall–Kier alpha value is -3.52. The van der Waals surface area contributed by atoms with E-state index in [9.17, 15) is 14.7 Å². The van der Waals surface area contributed by atoms with Crippen molar-refractivity contribution in [1.82, 2.24) is 9.47 Å². The number of para-hydroxylation sites is 1. The van der Waals surface area contributed by atoms with E-state index < -0.39 is 5.97 Å². The molecule has 0 bridgehead atoms. The van der Waals surface area contributed by atoms with Crippen LogP contribution in [0.5, 0.6) is 0 Å².